The van der Waals surface area contributed by atoms with Gasteiger partial charge in [0.05, 0.1) is 23.3 Å². The van der Waals surface area contributed by atoms with Gasteiger partial charge in [0.2, 0.25) is 0 Å². The highest BCUT2D eigenvalue weighted by Gasteiger charge is 2.17. The molecule has 0 amide bonds. The molecule has 4 nitrogen and oxygen atoms in total. The van der Waals surface area contributed by atoms with E-state index < -0.39 is 0 Å². The van der Waals surface area contributed by atoms with Gasteiger partial charge in [0.1, 0.15) is 0 Å². The SMILES string of the molecule is Cc1ccc(Nc2cccnc2)c(N2CCN(C)CC2)c1. The fourth-order valence-electron chi connectivity index (χ4n) is 2.65. The van der Waals surface area contributed by atoms with Crippen LogP contribution >= 0.6 is 0 Å². The van der Waals surface area contributed by atoms with E-state index in [2.05, 4.69) is 52.3 Å². The summed E-state index contributed by atoms with van der Waals surface area (Å²) < 4.78 is 0. The number of hydrogen-bond donors (Lipinski definition) is 1. The van der Waals surface area contributed by atoms with Gasteiger partial charge in [-0.05, 0) is 43.8 Å². The van der Waals surface area contributed by atoms with Crippen molar-refractivity contribution in [3.63, 3.8) is 0 Å². The van der Waals surface area contributed by atoms with Gasteiger partial charge in [-0.2, -0.15) is 0 Å². The van der Waals surface area contributed by atoms with Gasteiger partial charge in [0.25, 0.3) is 0 Å². The van der Waals surface area contributed by atoms with Crippen LogP contribution in [0.5, 0.6) is 0 Å². The van der Waals surface area contributed by atoms with Gasteiger partial charge < -0.3 is 15.1 Å². The number of nitrogens with one attached hydrogen (secondary N) is 1. The normalized spacial score (nSPS) is 16.0. The molecule has 4 heteroatoms. The number of hydrogen-bond acceptors (Lipinski definition) is 4. The Balaban J connectivity index is 1.86. The zero-order valence-corrected chi connectivity index (χ0v) is 12.7. The van der Waals surface area contributed by atoms with Crippen LogP contribution in [0.25, 0.3) is 0 Å². The lowest BCUT2D eigenvalue weighted by Crippen LogP contribution is -2.44. The largest absolute Gasteiger partial charge is 0.367 e. The lowest BCUT2D eigenvalue weighted by Gasteiger charge is -2.35. The van der Waals surface area contributed by atoms with E-state index in [0.717, 1.165) is 37.6 Å². The summed E-state index contributed by atoms with van der Waals surface area (Å²) in [6, 6.07) is 10.6. The highest BCUT2D eigenvalue weighted by Crippen LogP contribution is 2.30. The molecule has 1 aliphatic heterocycles. The summed E-state index contributed by atoms with van der Waals surface area (Å²) in [6.07, 6.45) is 3.65. The third-order valence-electron chi connectivity index (χ3n) is 3.94. The van der Waals surface area contributed by atoms with Crippen molar-refractivity contribution >= 4 is 17.1 Å². The van der Waals surface area contributed by atoms with E-state index in [-0.39, 0.29) is 0 Å². The number of benzene rings is 1. The third-order valence-corrected chi connectivity index (χ3v) is 3.94. The second-order valence-corrected chi connectivity index (χ2v) is 5.68. The molecular weight excluding hydrogens is 260 g/mol. The van der Waals surface area contributed by atoms with Gasteiger partial charge in [-0.25, -0.2) is 0 Å². The molecule has 0 radical (unpaired) electrons. The molecule has 0 atom stereocenters. The summed E-state index contributed by atoms with van der Waals surface area (Å²) in [5.74, 6) is 0. The highest BCUT2D eigenvalue weighted by molar-refractivity contribution is 5.76. The van der Waals surface area contributed by atoms with E-state index in [1.165, 1.54) is 11.3 Å². The van der Waals surface area contributed by atoms with E-state index in [9.17, 15) is 0 Å². The predicted molar refractivity (Wildman–Crippen MR) is 88.4 cm³/mol. The molecule has 1 aliphatic rings. The summed E-state index contributed by atoms with van der Waals surface area (Å²) >= 11 is 0. The van der Waals surface area contributed by atoms with Crippen LogP contribution in [0, 0.1) is 6.92 Å². The number of rotatable bonds is 3. The van der Waals surface area contributed by atoms with Crippen LogP contribution < -0.4 is 10.2 Å². The molecule has 0 unspecified atom stereocenters. The molecule has 2 heterocycles. The molecular formula is C17H22N4. The second-order valence-electron chi connectivity index (χ2n) is 5.68. The second kappa shape index (κ2) is 6.14. The Morgan fingerprint density at radius 1 is 1.10 bits per heavy atom. The zero-order chi connectivity index (χ0) is 14.7. The summed E-state index contributed by atoms with van der Waals surface area (Å²) in [5, 5.41) is 3.49. The summed E-state index contributed by atoms with van der Waals surface area (Å²) in [6.45, 7) is 6.51. The molecule has 21 heavy (non-hydrogen) atoms. The van der Waals surface area contributed by atoms with Crippen molar-refractivity contribution in [1.82, 2.24) is 9.88 Å². The molecule has 1 aromatic heterocycles. The van der Waals surface area contributed by atoms with Crippen LogP contribution in [0.2, 0.25) is 0 Å². The number of anilines is 3. The molecule has 1 aromatic carbocycles. The standard InChI is InChI=1S/C17H22N4/c1-14-5-6-16(19-15-4-3-7-18-13-15)17(12-14)21-10-8-20(2)9-11-21/h3-7,12-13,19H,8-11H2,1-2H3. The van der Waals surface area contributed by atoms with E-state index in [1.54, 1.807) is 6.20 Å². The maximum atomic E-state index is 4.17. The lowest BCUT2D eigenvalue weighted by atomic mass is 10.1. The van der Waals surface area contributed by atoms with Crippen molar-refractivity contribution in [3.8, 4) is 0 Å². The molecule has 110 valence electrons. The summed E-state index contributed by atoms with van der Waals surface area (Å²) in [7, 11) is 2.18. The number of aromatic nitrogens is 1. The minimum Gasteiger partial charge on any atom is -0.367 e. The summed E-state index contributed by atoms with van der Waals surface area (Å²) in [4.78, 5) is 9.01. The number of nitrogens with zero attached hydrogens (tertiary/aromatic N) is 3. The molecule has 2 aromatic rings. The fourth-order valence-corrected chi connectivity index (χ4v) is 2.65. The van der Waals surface area contributed by atoms with Crippen molar-refractivity contribution in [2.24, 2.45) is 0 Å². The molecule has 1 N–H and O–H groups in total. The van der Waals surface area contributed by atoms with Crippen molar-refractivity contribution < 1.29 is 0 Å². The topological polar surface area (TPSA) is 31.4 Å². The van der Waals surface area contributed by atoms with Crippen LogP contribution in [0.15, 0.2) is 42.7 Å². The van der Waals surface area contributed by atoms with E-state index in [0.29, 0.717) is 0 Å². The molecule has 3 rings (SSSR count). The molecule has 0 saturated carbocycles. The number of pyridine rings is 1. The Hall–Kier alpha value is -2.07. The Morgan fingerprint density at radius 2 is 1.90 bits per heavy atom. The Morgan fingerprint density at radius 3 is 2.62 bits per heavy atom. The van der Waals surface area contributed by atoms with Crippen LogP contribution in [0.4, 0.5) is 17.1 Å². The van der Waals surface area contributed by atoms with Gasteiger partial charge in [-0.1, -0.05) is 6.07 Å². The minimum atomic E-state index is 1.02. The Labute approximate surface area is 126 Å². The first-order valence-electron chi connectivity index (χ1n) is 7.43. The maximum absolute atomic E-state index is 4.17. The molecule has 0 bridgehead atoms. The van der Waals surface area contributed by atoms with Gasteiger partial charge >= 0.3 is 0 Å². The number of piperazine rings is 1. The van der Waals surface area contributed by atoms with Crippen molar-refractivity contribution in [2.45, 2.75) is 6.92 Å². The molecule has 0 aliphatic carbocycles. The van der Waals surface area contributed by atoms with E-state index in [1.807, 2.05) is 18.3 Å². The average molecular weight is 282 g/mol. The number of likely N-dealkylation sites (N-methyl/N-ethyl adjacent to an activating group) is 1. The van der Waals surface area contributed by atoms with E-state index >= 15 is 0 Å². The smallest absolute Gasteiger partial charge is 0.0622 e. The first kappa shape index (κ1) is 13.9. The Kier molecular flexibility index (Phi) is 4.06. The minimum absolute atomic E-state index is 1.02. The van der Waals surface area contributed by atoms with Crippen molar-refractivity contribution in [3.05, 3.63) is 48.3 Å². The van der Waals surface area contributed by atoms with Crippen LogP contribution in [-0.2, 0) is 0 Å². The maximum Gasteiger partial charge on any atom is 0.0622 e. The molecule has 0 spiro atoms. The van der Waals surface area contributed by atoms with Crippen LogP contribution in [-0.4, -0.2) is 43.1 Å². The number of aryl methyl sites for hydroxylation is 1. The Bertz CT molecular complexity index is 589. The van der Waals surface area contributed by atoms with Gasteiger partial charge in [-0.3, -0.25) is 4.98 Å². The lowest BCUT2D eigenvalue weighted by molar-refractivity contribution is 0.313. The van der Waals surface area contributed by atoms with Crippen LogP contribution in [0.1, 0.15) is 5.56 Å². The highest BCUT2D eigenvalue weighted by atomic mass is 15.3. The van der Waals surface area contributed by atoms with Crippen LogP contribution in [0.3, 0.4) is 0 Å². The third kappa shape index (κ3) is 3.34. The van der Waals surface area contributed by atoms with Crippen molar-refractivity contribution in [1.29, 1.82) is 0 Å². The predicted octanol–water partition coefficient (Wildman–Crippen LogP) is 2.89. The monoisotopic (exact) mass is 282 g/mol. The summed E-state index contributed by atoms with van der Waals surface area (Å²) in [5.41, 5.74) is 4.75. The first-order valence-corrected chi connectivity index (χ1v) is 7.43. The first-order chi connectivity index (χ1) is 10.2. The van der Waals surface area contributed by atoms with Gasteiger partial charge in [0, 0.05) is 32.4 Å². The van der Waals surface area contributed by atoms with Gasteiger partial charge in [0.15, 0.2) is 0 Å². The van der Waals surface area contributed by atoms with Gasteiger partial charge in [-0.15, -0.1) is 0 Å². The fraction of sp³-hybridized carbons (Fsp3) is 0.353. The zero-order valence-electron chi connectivity index (χ0n) is 12.7. The molecule has 1 saturated heterocycles. The van der Waals surface area contributed by atoms with Crippen molar-refractivity contribution in [2.75, 3.05) is 43.4 Å². The average Bonchev–Trinajstić information content (AvgIpc) is 2.51. The van der Waals surface area contributed by atoms with E-state index in [4.69, 9.17) is 0 Å². The molecule has 1 fully saturated rings. The quantitative estimate of drug-likeness (QED) is 0.938.